The fourth-order valence-electron chi connectivity index (χ4n) is 6.06. The van der Waals surface area contributed by atoms with Gasteiger partial charge in [-0.15, -0.1) is 0 Å². The van der Waals surface area contributed by atoms with E-state index in [2.05, 4.69) is 85.4 Å². The van der Waals surface area contributed by atoms with Crippen molar-refractivity contribution in [3.63, 3.8) is 0 Å². The van der Waals surface area contributed by atoms with E-state index in [1.807, 2.05) is 11.8 Å². The third-order valence-electron chi connectivity index (χ3n) is 7.65. The van der Waals surface area contributed by atoms with Crippen LogP contribution in [0.2, 0.25) is 0 Å². The van der Waals surface area contributed by atoms with E-state index in [0.717, 1.165) is 26.1 Å². The van der Waals surface area contributed by atoms with Crippen molar-refractivity contribution in [1.82, 2.24) is 0 Å². The van der Waals surface area contributed by atoms with Gasteiger partial charge in [-0.05, 0) is 70.5 Å². The van der Waals surface area contributed by atoms with Gasteiger partial charge in [0.05, 0.1) is 10.9 Å². The molecule has 2 nitrogen and oxygen atoms in total. The van der Waals surface area contributed by atoms with Crippen molar-refractivity contribution in [2.75, 3.05) is 13.2 Å². The van der Waals surface area contributed by atoms with Crippen molar-refractivity contribution in [3.8, 4) is 11.3 Å². The maximum absolute atomic E-state index is 5.68. The summed E-state index contributed by atoms with van der Waals surface area (Å²) in [6.07, 6.45) is 4.48. The van der Waals surface area contributed by atoms with Gasteiger partial charge in [-0.1, -0.05) is 54.2 Å². The molecule has 0 amide bonds. The highest BCUT2D eigenvalue weighted by Gasteiger charge is 2.31. The zero-order valence-corrected chi connectivity index (χ0v) is 19.8. The number of hydrogen-bond acceptors (Lipinski definition) is 2. The molecule has 33 heavy (non-hydrogen) atoms. The third kappa shape index (κ3) is 2.82. The lowest BCUT2D eigenvalue weighted by Gasteiger charge is -2.26. The number of rotatable bonds is 1. The first-order valence-electron chi connectivity index (χ1n) is 11.9. The molecule has 0 atom stereocenters. The monoisotopic (exact) mass is 448 g/mol. The molecule has 5 aromatic rings. The van der Waals surface area contributed by atoms with Crippen LogP contribution in [0.4, 0.5) is 0 Å². The minimum absolute atomic E-state index is 0.572. The molecule has 162 valence electrons. The average molecular weight is 449 g/mol. The lowest BCUT2D eigenvalue weighted by atomic mass is 9.85. The van der Waals surface area contributed by atoms with E-state index >= 15 is 0 Å². The van der Waals surface area contributed by atoms with Gasteiger partial charge in [0, 0.05) is 34.5 Å². The van der Waals surface area contributed by atoms with Gasteiger partial charge in [0.15, 0.2) is 6.20 Å². The van der Waals surface area contributed by atoms with Crippen LogP contribution in [0.15, 0.2) is 76.7 Å². The molecule has 3 heteroatoms. The van der Waals surface area contributed by atoms with Crippen molar-refractivity contribution in [2.24, 2.45) is 7.05 Å². The van der Waals surface area contributed by atoms with Crippen LogP contribution in [0.5, 0.6) is 0 Å². The number of pyridine rings is 1. The first-order chi connectivity index (χ1) is 16.2. The van der Waals surface area contributed by atoms with E-state index in [-0.39, 0.29) is 0 Å². The highest BCUT2D eigenvalue weighted by Crippen LogP contribution is 2.51. The molecule has 0 N–H and O–H groups in total. The van der Waals surface area contributed by atoms with Gasteiger partial charge in [0.1, 0.15) is 7.05 Å². The standard InChI is InChI=1S/C30H26NOS/c1-18-22-8-4-3-6-20(22)16-25-27(18)30-29-24(10-13-31(30)2)28-21(17-26(29)33-25)7-5-9-23(28)19-11-14-32-15-12-19/h3-10,13,16-17,19H,11-12,14-15H2,1-2H3/q+1. The summed E-state index contributed by atoms with van der Waals surface area (Å²) in [6, 6.07) is 22.8. The Kier molecular flexibility index (Phi) is 4.34. The Hall–Kier alpha value is -2.88. The highest BCUT2D eigenvalue weighted by molar-refractivity contribution is 7.99. The average Bonchev–Trinajstić information content (AvgIpc) is 2.85. The van der Waals surface area contributed by atoms with Crippen LogP contribution in [-0.2, 0) is 11.8 Å². The normalized spacial score (nSPS) is 15.9. The topological polar surface area (TPSA) is 13.1 Å². The molecule has 4 aromatic carbocycles. The molecule has 1 saturated heterocycles. The predicted octanol–water partition coefficient (Wildman–Crippen LogP) is 7.30. The van der Waals surface area contributed by atoms with Crippen molar-refractivity contribution in [2.45, 2.75) is 35.5 Å². The number of hydrogen-bond donors (Lipinski definition) is 0. The summed E-state index contributed by atoms with van der Waals surface area (Å²) in [5.74, 6) is 0.572. The van der Waals surface area contributed by atoms with Crippen molar-refractivity contribution >= 4 is 44.1 Å². The molecule has 3 heterocycles. The Bertz CT molecular complexity index is 1600. The largest absolute Gasteiger partial charge is 0.381 e. The lowest BCUT2D eigenvalue weighted by molar-refractivity contribution is -0.659. The van der Waals surface area contributed by atoms with E-state index in [9.17, 15) is 0 Å². The second-order valence-electron chi connectivity index (χ2n) is 9.47. The Morgan fingerprint density at radius 1 is 0.848 bits per heavy atom. The summed E-state index contributed by atoms with van der Waals surface area (Å²) in [7, 11) is 2.20. The molecule has 0 spiro atoms. The molecule has 7 rings (SSSR count). The van der Waals surface area contributed by atoms with E-state index < -0.39 is 0 Å². The first kappa shape index (κ1) is 19.6. The number of aromatic nitrogens is 1. The minimum atomic E-state index is 0.572. The van der Waals surface area contributed by atoms with E-state index in [4.69, 9.17) is 4.74 Å². The van der Waals surface area contributed by atoms with Crippen LogP contribution in [0, 0.1) is 6.92 Å². The van der Waals surface area contributed by atoms with Gasteiger partial charge in [0.25, 0.3) is 0 Å². The van der Waals surface area contributed by atoms with Crippen LogP contribution < -0.4 is 4.57 Å². The van der Waals surface area contributed by atoms with Gasteiger partial charge in [0.2, 0.25) is 5.69 Å². The molecule has 0 aliphatic carbocycles. The molecule has 0 bridgehead atoms. The lowest BCUT2D eigenvalue weighted by Crippen LogP contribution is -2.31. The number of aryl methyl sites for hydroxylation is 2. The summed E-state index contributed by atoms with van der Waals surface area (Å²) < 4.78 is 8.01. The summed E-state index contributed by atoms with van der Waals surface area (Å²) >= 11 is 1.94. The Morgan fingerprint density at radius 3 is 2.52 bits per heavy atom. The summed E-state index contributed by atoms with van der Waals surface area (Å²) in [4.78, 5) is 2.73. The fourth-order valence-corrected chi connectivity index (χ4v) is 7.33. The SMILES string of the molecule is Cc1c2c(cc3ccccc13)Sc1cc3cccc(C4CCOCC4)c3c3cc[n+](C)c-2c13. The van der Waals surface area contributed by atoms with E-state index in [1.165, 1.54) is 64.5 Å². The molecule has 0 saturated carbocycles. The van der Waals surface area contributed by atoms with Crippen molar-refractivity contribution in [1.29, 1.82) is 0 Å². The number of benzene rings is 4. The molecular formula is C30H26NOS+. The second kappa shape index (κ2) is 7.31. The molecular weight excluding hydrogens is 422 g/mol. The van der Waals surface area contributed by atoms with Crippen LogP contribution in [0.25, 0.3) is 43.6 Å². The number of fused-ring (bicyclic) bond motifs is 5. The number of nitrogens with zero attached hydrogens (tertiary/aromatic N) is 1. The van der Waals surface area contributed by atoms with Gasteiger partial charge in [-0.3, -0.25) is 0 Å². The summed E-state index contributed by atoms with van der Waals surface area (Å²) in [6.45, 7) is 4.03. The van der Waals surface area contributed by atoms with Crippen LogP contribution in [-0.4, -0.2) is 13.2 Å². The van der Waals surface area contributed by atoms with Crippen LogP contribution in [0.3, 0.4) is 0 Å². The maximum Gasteiger partial charge on any atom is 0.222 e. The third-order valence-corrected chi connectivity index (χ3v) is 8.73. The molecule has 2 aliphatic heterocycles. The Labute approximate surface area is 198 Å². The van der Waals surface area contributed by atoms with Crippen LogP contribution >= 0.6 is 11.8 Å². The smallest absolute Gasteiger partial charge is 0.222 e. The highest BCUT2D eigenvalue weighted by atomic mass is 32.2. The summed E-state index contributed by atoms with van der Waals surface area (Å²) in [5.41, 5.74) is 5.61. The fraction of sp³-hybridized carbons (Fsp3) is 0.233. The molecule has 2 aliphatic rings. The quantitative estimate of drug-likeness (QED) is 0.193. The second-order valence-corrected chi connectivity index (χ2v) is 10.6. The zero-order valence-electron chi connectivity index (χ0n) is 19.0. The zero-order chi connectivity index (χ0) is 22.1. The molecule has 1 aromatic heterocycles. The minimum Gasteiger partial charge on any atom is -0.381 e. The van der Waals surface area contributed by atoms with Gasteiger partial charge < -0.3 is 4.74 Å². The maximum atomic E-state index is 5.68. The Balaban J connectivity index is 1.60. The van der Waals surface area contributed by atoms with E-state index in [1.54, 1.807) is 0 Å². The van der Waals surface area contributed by atoms with Gasteiger partial charge in [-0.25, -0.2) is 4.57 Å². The molecule has 0 unspecified atom stereocenters. The summed E-state index contributed by atoms with van der Waals surface area (Å²) in [5, 5.41) is 8.26. The van der Waals surface area contributed by atoms with Gasteiger partial charge >= 0.3 is 0 Å². The van der Waals surface area contributed by atoms with Crippen molar-refractivity contribution in [3.05, 3.63) is 78.0 Å². The molecule has 1 fully saturated rings. The van der Waals surface area contributed by atoms with Crippen molar-refractivity contribution < 1.29 is 9.30 Å². The molecule has 0 radical (unpaired) electrons. The van der Waals surface area contributed by atoms with Gasteiger partial charge in [-0.2, -0.15) is 0 Å². The van der Waals surface area contributed by atoms with Crippen LogP contribution in [0.1, 0.15) is 29.9 Å². The predicted molar refractivity (Wildman–Crippen MR) is 137 cm³/mol. The van der Waals surface area contributed by atoms with E-state index in [0.29, 0.717) is 5.92 Å². The Morgan fingerprint density at radius 2 is 1.64 bits per heavy atom. The number of ether oxygens (including phenoxy) is 1. The first-order valence-corrected chi connectivity index (χ1v) is 12.7.